The van der Waals surface area contributed by atoms with E-state index in [1.165, 1.54) is 0 Å². The van der Waals surface area contributed by atoms with Crippen LogP contribution in [-0.2, 0) is 6.54 Å². The van der Waals surface area contributed by atoms with E-state index in [-0.39, 0.29) is 17.3 Å². The molecule has 0 saturated heterocycles. The fourth-order valence-corrected chi connectivity index (χ4v) is 1.53. The van der Waals surface area contributed by atoms with Crippen molar-refractivity contribution >= 4 is 17.5 Å². The Morgan fingerprint density at radius 3 is 3.00 bits per heavy atom. The van der Waals surface area contributed by atoms with Crippen LogP contribution in [0.25, 0.3) is 0 Å². The van der Waals surface area contributed by atoms with Gasteiger partial charge < -0.3 is 9.84 Å². The van der Waals surface area contributed by atoms with E-state index in [1.807, 2.05) is 0 Å². The summed E-state index contributed by atoms with van der Waals surface area (Å²) < 4.78 is 17.9. The maximum absolute atomic E-state index is 12.9. The zero-order chi connectivity index (χ0) is 13.1. The summed E-state index contributed by atoms with van der Waals surface area (Å²) in [5.74, 6) is -0.651. The molecule has 1 amide bonds. The Morgan fingerprint density at radius 2 is 2.33 bits per heavy atom. The number of carbonyl (C=O) groups excluding carboxylic acids is 1. The molecule has 2 rings (SSSR count). The molecule has 2 heterocycles. The first-order chi connectivity index (χ1) is 8.56. The van der Waals surface area contributed by atoms with Gasteiger partial charge in [0.25, 0.3) is 5.91 Å². The topological polar surface area (TPSA) is 68.0 Å². The summed E-state index contributed by atoms with van der Waals surface area (Å²) in [4.78, 5) is 15.3. The molecule has 1 N–H and O–H groups in total. The van der Waals surface area contributed by atoms with Crippen molar-refractivity contribution in [3.63, 3.8) is 0 Å². The van der Waals surface area contributed by atoms with Crippen LogP contribution in [0.5, 0.6) is 0 Å². The van der Waals surface area contributed by atoms with Crippen LogP contribution in [0.15, 0.2) is 22.9 Å². The summed E-state index contributed by atoms with van der Waals surface area (Å²) in [6.07, 6.45) is 0.943. The predicted octanol–water partition coefficient (Wildman–Crippen LogP) is 2.10. The molecule has 0 saturated carbocycles. The second-order valence-electron chi connectivity index (χ2n) is 3.61. The van der Waals surface area contributed by atoms with Crippen molar-refractivity contribution in [1.29, 1.82) is 0 Å². The van der Waals surface area contributed by atoms with Crippen molar-refractivity contribution in [2.45, 2.75) is 13.5 Å². The van der Waals surface area contributed by atoms with Crippen molar-refractivity contribution in [2.75, 3.05) is 0 Å². The lowest BCUT2D eigenvalue weighted by Crippen LogP contribution is -2.23. The van der Waals surface area contributed by atoms with Crippen molar-refractivity contribution in [3.8, 4) is 0 Å². The molecular weight excluding hydrogens is 261 g/mol. The predicted molar refractivity (Wildman–Crippen MR) is 61.6 cm³/mol. The van der Waals surface area contributed by atoms with Gasteiger partial charge in [0, 0.05) is 6.07 Å². The lowest BCUT2D eigenvalue weighted by molar-refractivity contribution is 0.0946. The maximum atomic E-state index is 12.9. The van der Waals surface area contributed by atoms with Gasteiger partial charge in [-0.3, -0.25) is 4.79 Å². The van der Waals surface area contributed by atoms with Gasteiger partial charge in [-0.15, -0.1) is 0 Å². The summed E-state index contributed by atoms with van der Waals surface area (Å²) in [6.45, 7) is 1.91. The number of aryl methyl sites for hydroxylation is 1. The minimum absolute atomic E-state index is 0.0205. The number of carbonyl (C=O) groups is 1. The van der Waals surface area contributed by atoms with Crippen LogP contribution in [0.4, 0.5) is 4.39 Å². The zero-order valence-electron chi connectivity index (χ0n) is 9.41. The molecule has 0 aliphatic heterocycles. The highest BCUT2D eigenvalue weighted by molar-refractivity contribution is 6.32. The zero-order valence-corrected chi connectivity index (χ0v) is 10.2. The first kappa shape index (κ1) is 12.5. The molecule has 2 aromatic rings. The van der Waals surface area contributed by atoms with Crippen LogP contribution in [-0.4, -0.2) is 16.0 Å². The lowest BCUT2D eigenvalue weighted by Gasteiger charge is -2.04. The summed E-state index contributed by atoms with van der Waals surface area (Å²) in [6, 6.07) is 2.71. The molecule has 0 fully saturated rings. The molecule has 0 aromatic carbocycles. The minimum Gasteiger partial charge on any atom is -0.359 e. The fraction of sp³-hybridized carbons (Fsp3) is 0.182. The van der Waals surface area contributed by atoms with Gasteiger partial charge in [0.05, 0.1) is 24.0 Å². The van der Waals surface area contributed by atoms with E-state index in [9.17, 15) is 9.18 Å². The quantitative estimate of drug-likeness (QED) is 0.867. The third-order valence-electron chi connectivity index (χ3n) is 2.15. The monoisotopic (exact) mass is 269 g/mol. The van der Waals surface area contributed by atoms with Crippen molar-refractivity contribution in [3.05, 3.63) is 46.3 Å². The smallest absolute Gasteiger partial charge is 0.254 e. The molecule has 2 aromatic heterocycles. The Labute approximate surface area is 107 Å². The van der Waals surface area contributed by atoms with Gasteiger partial charge in [-0.25, -0.2) is 9.37 Å². The normalized spacial score (nSPS) is 10.4. The van der Waals surface area contributed by atoms with E-state index in [0.29, 0.717) is 11.5 Å². The van der Waals surface area contributed by atoms with Crippen LogP contribution in [0.2, 0.25) is 5.15 Å². The Morgan fingerprint density at radius 1 is 1.56 bits per heavy atom. The van der Waals surface area contributed by atoms with Crippen LogP contribution >= 0.6 is 11.6 Å². The van der Waals surface area contributed by atoms with Gasteiger partial charge in [-0.05, 0) is 13.0 Å². The molecule has 0 unspecified atom stereocenters. The Hall–Kier alpha value is -1.95. The summed E-state index contributed by atoms with van der Waals surface area (Å²) in [7, 11) is 0. The average Bonchev–Trinajstić information content (AvgIpc) is 2.75. The van der Waals surface area contributed by atoms with E-state index < -0.39 is 11.7 Å². The third-order valence-corrected chi connectivity index (χ3v) is 2.45. The molecule has 94 valence electrons. The largest absolute Gasteiger partial charge is 0.359 e. The molecule has 0 aliphatic rings. The van der Waals surface area contributed by atoms with Crippen LogP contribution in [0.1, 0.15) is 21.8 Å². The summed E-state index contributed by atoms with van der Waals surface area (Å²) in [5.41, 5.74) is 0.692. The average molecular weight is 270 g/mol. The number of amides is 1. The molecule has 0 bridgehead atoms. The molecule has 0 radical (unpaired) electrons. The van der Waals surface area contributed by atoms with Gasteiger partial charge >= 0.3 is 0 Å². The highest BCUT2D eigenvalue weighted by Gasteiger charge is 2.13. The molecule has 0 spiro atoms. The van der Waals surface area contributed by atoms with E-state index in [4.69, 9.17) is 16.1 Å². The van der Waals surface area contributed by atoms with Gasteiger partial charge in [-0.2, -0.15) is 0 Å². The number of rotatable bonds is 3. The standard InChI is InChI=1S/C11H9ClFN3O2/c1-6-2-8(18-16-6)5-15-11(17)9-3-7(13)4-14-10(9)12/h2-4H,5H2,1H3,(H,15,17). The molecule has 0 aliphatic carbocycles. The minimum atomic E-state index is -0.625. The van der Waals surface area contributed by atoms with E-state index in [1.54, 1.807) is 13.0 Å². The summed E-state index contributed by atoms with van der Waals surface area (Å²) in [5, 5.41) is 6.15. The molecule has 18 heavy (non-hydrogen) atoms. The van der Waals surface area contributed by atoms with E-state index in [2.05, 4.69) is 15.5 Å². The maximum Gasteiger partial charge on any atom is 0.254 e. The Balaban J connectivity index is 2.05. The van der Waals surface area contributed by atoms with Gasteiger partial charge in [0.15, 0.2) is 5.76 Å². The number of halogens is 2. The highest BCUT2D eigenvalue weighted by atomic mass is 35.5. The number of nitrogens with zero attached hydrogens (tertiary/aromatic N) is 2. The number of hydrogen-bond acceptors (Lipinski definition) is 4. The Kier molecular flexibility index (Phi) is 3.57. The van der Waals surface area contributed by atoms with Crippen LogP contribution < -0.4 is 5.32 Å². The molecule has 7 heteroatoms. The fourth-order valence-electron chi connectivity index (χ4n) is 1.34. The highest BCUT2D eigenvalue weighted by Crippen LogP contribution is 2.13. The van der Waals surface area contributed by atoms with Crippen LogP contribution in [0.3, 0.4) is 0 Å². The van der Waals surface area contributed by atoms with Crippen molar-refractivity contribution in [2.24, 2.45) is 0 Å². The number of pyridine rings is 1. The second kappa shape index (κ2) is 5.14. The Bertz CT molecular complexity index is 585. The molecular formula is C11H9ClFN3O2. The van der Waals surface area contributed by atoms with Gasteiger partial charge in [0.2, 0.25) is 0 Å². The number of aromatic nitrogens is 2. The number of nitrogens with one attached hydrogen (secondary N) is 1. The van der Waals surface area contributed by atoms with E-state index in [0.717, 1.165) is 12.3 Å². The lowest BCUT2D eigenvalue weighted by atomic mass is 10.2. The number of hydrogen-bond donors (Lipinski definition) is 1. The van der Waals surface area contributed by atoms with Gasteiger partial charge in [0.1, 0.15) is 11.0 Å². The summed E-state index contributed by atoms with van der Waals surface area (Å²) >= 11 is 5.70. The second-order valence-corrected chi connectivity index (χ2v) is 3.97. The van der Waals surface area contributed by atoms with Crippen molar-refractivity contribution in [1.82, 2.24) is 15.5 Å². The van der Waals surface area contributed by atoms with Crippen molar-refractivity contribution < 1.29 is 13.7 Å². The first-order valence-electron chi connectivity index (χ1n) is 5.07. The third kappa shape index (κ3) is 2.84. The first-order valence-corrected chi connectivity index (χ1v) is 5.45. The van der Waals surface area contributed by atoms with Crippen LogP contribution in [0, 0.1) is 12.7 Å². The van der Waals surface area contributed by atoms with Gasteiger partial charge in [-0.1, -0.05) is 16.8 Å². The van der Waals surface area contributed by atoms with E-state index >= 15 is 0 Å². The molecule has 5 nitrogen and oxygen atoms in total. The molecule has 0 atom stereocenters. The SMILES string of the molecule is Cc1cc(CNC(=O)c2cc(F)cnc2Cl)on1.